The van der Waals surface area contributed by atoms with Gasteiger partial charge in [0.05, 0.1) is 6.04 Å². The largest absolute Gasteiger partial charge is 0.459 e. The molecule has 1 aromatic carbocycles. The van der Waals surface area contributed by atoms with Crippen molar-refractivity contribution in [1.82, 2.24) is 5.32 Å². The summed E-state index contributed by atoms with van der Waals surface area (Å²) in [6, 6.07) is 14.8. The van der Waals surface area contributed by atoms with Crippen molar-refractivity contribution < 1.29 is 4.42 Å². The Hall–Kier alpha value is -1.54. The summed E-state index contributed by atoms with van der Waals surface area (Å²) >= 11 is 0. The van der Waals surface area contributed by atoms with Gasteiger partial charge in [-0.05, 0) is 31.5 Å². The van der Waals surface area contributed by atoms with Gasteiger partial charge >= 0.3 is 0 Å². The van der Waals surface area contributed by atoms with E-state index in [1.165, 1.54) is 19.3 Å². The highest BCUT2D eigenvalue weighted by Gasteiger charge is 2.18. The molecule has 1 saturated heterocycles. The van der Waals surface area contributed by atoms with Crippen LogP contribution in [-0.2, 0) is 0 Å². The van der Waals surface area contributed by atoms with Crippen molar-refractivity contribution in [2.45, 2.75) is 25.3 Å². The zero-order chi connectivity index (χ0) is 11.5. The van der Waals surface area contributed by atoms with Gasteiger partial charge in [-0.1, -0.05) is 36.8 Å². The molecule has 1 aliphatic rings. The van der Waals surface area contributed by atoms with Gasteiger partial charge in [-0.2, -0.15) is 0 Å². The first-order chi connectivity index (χ1) is 8.43. The predicted octanol–water partition coefficient (Wildman–Crippen LogP) is 3.76. The minimum Gasteiger partial charge on any atom is -0.459 e. The molecular weight excluding hydrogens is 210 g/mol. The van der Waals surface area contributed by atoms with Crippen LogP contribution in [0.5, 0.6) is 0 Å². The van der Waals surface area contributed by atoms with Crippen LogP contribution in [0.15, 0.2) is 46.9 Å². The van der Waals surface area contributed by atoms with E-state index in [0.29, 0.717) is 6.04 Å². The fraction of sp³-hybridized carbons (Fsp3) is 0.333. The lowest BCUT2D eigenvalue weighted by atomic mass is 10.0. The van der Waals surface area contributed by atoms with E-state index in [0.717, 1.165) is 23.6 Å². The Morgan fingerprint density at radius 1 is 1.00 bits per heavy atom. The average molecular weight is 227 g/mol. The molecule has 0 bridgehead atoms. The van der Waals surface area contributed by atoms with Gasteiger partial charge < -0.3 is 9.73 Å². The fourth-order valence-corrected chi connectivity index (χ4v) is 2.39. The zero-order valence-corrected chi connectivity index (χ0v) is 9.86. The fourth-order valence-electron chi connectivity index (χ4n) is 2.39. The molecule has 1 atom stereocenters. The number of rotatable bonds is 2. The van der Waals surface area contributed by atoms with Gasteiger partial charge in [-0.15, -0.1) is 0 Å². The maximum Gasteiger partial charge on any atom is 0.134 e. The van der Waals surface area contributed by atoms with Crippen LogP contribution < -0.4 is 5.32 Å². The zero-order valence-electron chi connectivity index (χ0n) is 9.86. The van der Waals surface area contributed by atoms with Crippen LogP contribution in [0.3, 0.4) is 0 Å². The smallest absolute Gasteiger partial charge is 0.134 e. The van der Waals surface area contributed by atoms with E-state index in [9.17, 15) is 0 Å². The first-order valence-electron chi connectivity index (χ1n) is 6.32. The Kier molecular flexibility index (Phi) is 2.97. The van der Waals surface area contributed by atoms with E-state index < -0.39 is 0 Å². The van der Waals surface area contributed by atoms with E-state index in [1.807, 2.05) is 18.2 Å². The molecule has 1 N–H and O–H groups in total. The molecular formula is C15H17NO. The summed E-state index contributed by atoms with van der Waals surface area (Å²) in [6.45, 7) is 1.10. The maximum atomic E-state index is 5.95. The molecule has 0 radical (unpaired) electrons. The van der Waals surface area contributed by atoms with Gasteiger partial charge in [-0.25, -0.2) is 0 Å². The second kappa shape index (κ2) is 4.76. The summed E-state index contributed by atoms with van der Waals surface area (Å²) < 4.78 is 5.95. The number of hydrogen-bond acceptors (Lipinski definition) is 2. The Bertz CT molecular complexity index is 469. The minimum absolute atomic E-state index is 0.404. The average Bonchev–Trinajstić information content (AvgIpc) is 2.90. The highest BCUT2D eigenvalue weighted by molar-refractivity contribution is 5.57. The Labute approximate surface area is 102 Å². The molecule has 2 heterocycles. The molecule has 17 heavy (non-hydrogen) atoms. The van der Waals surface area contributed by atoms with E-state index in [-0.39, 0.29) is 0 Å². The van der Waals surface area contributed by atoms with Gasteiger partial charge in [0.25, 0.3) is 0 Å². The number of nitrogens with one attached hydrogen (secondary N) is 1. The topological polar surface area (TPSA) is 25.2 Å². The summed E-state index contributed by atoms with van der Waals surface area (Å²) in [5, 5.41) is 3.51. The molecule has 0 amide bonds. The quantitative estimate of drug-likeness (QED) is 0.845. The summed E-state index contributed by atoms with van der Waals surface area (Å²) in [5.74, 6) is 2.04. The van der Waals surface area contributed by atoms with Gasteiger partial charge in [0.1, 0.15) is 11.5 Å². The number of piperidine rings is 1. The van der Waals surface area contributed by atoms with Gasteiger partial charge in [0.2, 0.25) is 0 Å². The van der Waals surface area contributed by atoms with E-state index >= 15 is 0 Å². The highest BCUT2D eigenvalue weighted by Crippen LogP contribution is 2.28. The van der Waals surface area contributed by atoms with Crippen molar-refractivity contribution in [3.8, 4) is 11.3 Å². The normalized spacial score (nSPS) is 20.4. The molecule has 1 fully saturated rings. The molecule has 2 heteroatoms. The third-order valence-corrected chi connectivity index (χ3v) is 3.34. The molecule has 88 valence electrons. The molecule has 2 aromatic rings. The maximum absolute atomic E-state index is 5.95. The van der Waals surface area contributed by atoms with Gasteiger partial charge in [0, 0.05) is 5.56 Å². The molecule has 0 unspecified atom stereocenters. The SMILES string of the molecule is c1ccc(-c2ccc([C@@H]3CCCCN3)o2)cc1. The molecule has 0 saturated carbocycles. The van der Waals surface area contributed by atoms with Crippen molar-refractivity contribution in [2.75, 3.05) is 6.54 Å². The Morgan fingerprint density at radius 3 is 2.65 bits per heavy atom. The van der Waals surface area contributed by atoms with Crippen LogP contribution in [0.4, 0.5) is 0 Å². The molecule has 0 spiro atoms. The number of hydrogen-bond donors (Lipinski definition) is 1. The summed E-state index contributed by atoms with van der Waals surface area (Å²) in [5.41, 5.74) is 1.15. The van der Waals surface area contributed by atoms with E-state index in [2.05, 4.69) is 29.6 Å². The van der Waals surface area contributed by atoms with Crippen LogP contribution in [0, 0.1) is 0 Å². The minimum atomic E-state index is 0.404. The summed E-state index contributed by atoms with van der Waals surface area (Å²) in [7, 11) is 0. The third kappa shape index (κ3) is 2.27. The second-order valence-corrected chi connectivity index (χ2v) is 4.57. The molecule has 3 rings (SSSR count). The summed E-state index contributed by atoms with van der Waals surface area (Å²) in [6.07, 6.45) is 3.75. The van der Waals surface area contributed by atoms with E-state index in [1.54, 1.807) is 0 Å². The molecule has 2 nitrogen and oxygen atoms in total. The van der Waals surface area contributed by atoms with Gasteiger partial charge in [0.15, 0.2) is 0 Å². The van der Waals surface area contributed by atoms with Gasteiger partial charge in [-0.3, -0.25) is 0 Å². The molecule has 0 aliphatic carbocycles. The van der Waals surface area contributed by atoms with Crippen molar-refractivity contribution in [1.29, 1.82) is 0 Å². The highest BCUT2D eigenvalue weighted by atomic mass is 16.3. The first kappa shape index (κ1) is 10.6. The lowest BCUT2D eigenvalue weighted by Gasteiger charge is -2.21. The van der Waals surface area contributed by atoms with Crippen molar-refractivity contribution >= 4 is 0 Å². The molecule has 1 aromatic heterocycles. The Balaban J connectivity index is 1.83. The van der Waals surface area contributed by atoms with E-state index in [4.69, 9.17) is 4.42 Å². The number of benzene rings is 1. The summed E-state index contributed by atoms with van der Waals surface area (Å²) in [4.78, 5) is 0. The van der Waals surface area contributed by atoms with Crippen LogP contribution in [0.1, 0.15) is 31.1 Å². The van der Waals surface area contributed by atoms with Crippen molar-refractivity contribution in [2.24, 2.45) is 0 Å². The standard InChI is InChI=1S/C15H17NO/c1-2-6-12(7-3-1)14-9-10-15(17-14)13-8-4-5-11-16-13/h1-3,6-7,9-10,13,16H,4-5,8,11H2/t13-/m0/s1. The third-order valence-electron chi connectivity index (χ3n) is 3.34. The van der Waals surface area contributed by atoms with Crippen molar-refractivity contribution in [3.63, 3.8) is 0 Å². The van der Waals surface area contributed by atoms with Crippen LogP contribution in [0.25, 0.3) is 11.3 Å². The van der Waals surface area contributed by atoms with Crippen LogP contribution in [0.2, 0.25) is 0 Å². The number of furan rings is 1. The van der Waals surface area contributed by atoms with Crippen LogP contribution >= 0.6 is 0 Å². The predicted molar refractivity (Wildman–Crippen MR) is 68.7 cm³/mol. The monoisotopic (exact) mass is 227 g/mol. The first-order valence-corrected chi connectivity index (χ1v) is 6.32. The van der Waals surface area contributed by atoms with Crippen molar-refractivity contribution in [3.05, 3.63) is 48.2 Å². The van der Waals surface area contributed by atoms with Crippen LogP contribution in [-0.4, -0.2) is 6.54 Å². The molecule has 1 aliphatic heterocycles. The lowest BCUT2D eigenvalue weighted by Crippen LogP contribution is -2.26. The Morgan fingerprint density at radius 2 is 1.88 bits per heavy atom. The lowest BCUT2D eigenvalue weighted by molar-refractivity contribution is 0.353. The second-order valence-electron chi connectivity index (χ2n) is 4.57.